The molecule has 13 aromatic rings. The van der Waals surface area contributed by atoms with Crippen LogP contribution in [-0.2, 0) is 0 Å². The number of benzene rings is 10. The molecule has 0 unspecified atom stereocenters. The zero-order chi connectivity index (χ0) is 73.6. The predicted octanol–water partition coefficient (Wildman–Crippen LogP) is 16.0. The molecule has 294 valence electrons. The van der Waals surface area contributed by atoms with E-state index in [0.29, 0.717) is 4.57 Å². The van der Waals surface area contributed by atoms with Gasteiger partial charge in [0.25, 0.3) is 0 Å². The second-order valence-corrected chi connectivity index (χ2v) is 13.7. The minimum absolute atomic E-state index is 0.380. The number of nitrogens with zero attached hydrogens (tertiary/aromatic N) is 3. The standard InChI is InChI=1S/C60H39N3/c1-3-16-40(17-4-1)42-20-15-21-43(34-42)45-35-44(41-18-5-2-6-19-41)36-48(37-45)63-58-29-14-10-25-52(58)54-33-31-47(39-60(54)63)62-57-28-13-9-24-51(57)53-32-30-46(38-59(53)62)61-55-26-11-7-22-49(55)50-23-8-12-27-56(50)61/h1-39H/i1D,2D,3D,4D,5D,6D,7D,8D,9D,10D,11D,12D,13D,14D,15D,16D,17D,18D,19D,20D,21D,22D,23D,24D,25D,26D,29D,30D,31D,32D,33D,34D,35D,36D,37D,38D,39D. The Bertz CT molecular complexity index is 6060. The molecule has 0 aliphatic heterocycles. The summed E-state index contributed by atoms with van der Waals surface area (Å²) in [6.07, 6.45) is 0. The monoisotopic (exact) mass is 839 g/mol. The van der Waals surface area contributed by atoms with Crippen LogP contribution in [0, 0.1) is 0 Å². The average molecular weight is 839 g/mol. The Labute approximate surface area is 416 Å². The maximum atomic E-state index is 10.6. The lowest BCUT2D eigenvalue weighted by molar-refractivity contribution is 1.14. The van der Waals surface area contributed by atoms with Gasteiger partial charge in [-0.15, -0.1) is 0 Å². The average Bonchev–Trinajstić information content (AvgIpc) is 1.48. The van der Waals surface area contributed by atoms with Gasteiger partial charge in [0.05, 0.1) is 83.8 Å². The van der Waals surface area contributed by atoms with E-state index in [-0.39, 0.29) is 10.9 Å². The summed E-state index contributed by atoms with van der Waals surface area (Å²) in [5.41, 5.74) is -13.2. The molecule has 0 bridgehead atoms. The molecule has 3 heterocycles. The van der Waals surface area contributed by atoms with Gasteiger partial charge in [0.1, 0.15) is 0 Å². The third-order valence-electron chi connectivity index (χ3n) is 10.3. The molecule has 0 N–H and O–H groups in total. The number of para-hydroxylation sites is 4. The van der Waals surface area contributed by atoms with Crippen LogP contribution in [0.3, 0.4) is 0 Å². The van der Waals surface area contributed by atoms with Crippen molar-refractivity contribution in [3.8, 4) is 50.4 Å². The Kier molecular flexibility index (Phi) is 3.27. The number of hydrogen-bond acceptors (Lipinski definition) is 0. The summed E-state index contributed by atoms with van der Waals surface area (Å²) in [7, 11) is 0. The van der Waals surface area contributed by atoms with Crippen LogP contribution in [0.4, 0.5) is 0 Å². The second-order valence-electron chi connectivity index (χ2n) is 13.7. The molecule has 0 amide bonds. The normalized spacial score (nSPS) is 20.0. The van der Waals surface area contributed by atoms with E-state index in [1.54, 1.807) is 0 Å². The van der Waals surface area contributed by atoms with Crippen LogP contribution in [0.1, 0.15) is 50.7 Å². The van der Waals surface area contributed by atoms with E-state index in [2.05, 4.69) is 0 Å². The SMILES string of the molecule is [2H]c1cc2c(c([2H])c1[2H])c1c([2H])c([2H])c([2H])c([2H])c1n2-c1c([2H])c([2H])c2c3c([2H])c([2H])c([2H])cc3n(-c3c([2H])c([2H])c4c5c([2H])c([2H])c([2H])c([2H])c5n(-c5c([2H])c(-c6c([2H])c([2H])c([2H])c([2H])c6[2H])c([2H])c(-c6c([2H])c([2H])c([2H])c(-c7c([2H])c([2H])c([2H])c([2H])c7[2H])c6[2H])c5[2H])c4c3[2H])c2c1[2H]. The number of aromatic nitrogens is 3. The van der Waals surface area contributed by atoms with Crippen LogP contribution in [0.25, 0.3) is 116 Å². The van der Waals surface area contributed by atoms with Gasteiger partial charge in [-0.25, -0.2) is 0 Å². The van der Waals surface area contributed by atoms with Crippen molar-refractivity contribution < 1.29 is 50.7 Å². The summed E-state index contributed by atoms with van der Waals surface area (Å²) in [4.78, 5) is 0. The van der Waals surface area contributed by atoms with Crippen LogP contribution in [0.2, 0.25) is 0 Å². The smallest absolute Gasteiger partial charge is 0.0667 e. The van der Waals surface area contributed by atoms with Gasteiger partial charge in [0.2, 0.25) is 0 Å². The molecule has 0 aliphatic rings. The van der Waals surface area contributed by atoms with Gasteiger partial charge in [-0.1, -0.05) is 163 Å². The van der Waals surface area contributed by atoms with Crippen LogP contribution in [0.15, 0.2) is 236 Å². The molecular weight excluding hydrogens is 763 g/mol. The van der Waals surface area contributed by atoms with Gasteiger partial charge in [-0.3, -0.25) is 0 Å². The van der Waals surface area contributed by atoms with Gasteiger partial charge in [0, 0.05) is 49.4 Å². The maximum Gasteiger partial charge on any atom is 0.0667 e. The first kappa shape index (κ1) is 14.6. The summed E-state index contributed by atoms with van der Waals surface area (Å²) in [6, 6.07) is -35.8. The highest BCUT2D eigenvalue weighted by molar-refractivity contribution is 6.13. The Morgan fingerprint density at radius 3 is 1.14 bits per heavy atom. The van der Waals surface area contributed by atoms with E-state index in [4.69, 9.17) is 27.4 Å². The van der Waals surface area contributed by atoms with Crippen LogP contribution >= 0.6 is 0 Å². The molecule has 0 spiro atoms. The fourth-order valence-electron chi connectivity index (χ4n) is 7.62. The topological polar surface area (TPSA) is 14.8 Å². The minimum Gasteiger partial charge on any atom is -0.309 e. The van der Waals surface area contributed by atoms with E-state index in [1.165, 1.54) is 0 Å². The van der Waals surface area contributed by atoms with Gasteiger partial charge in [-0.2, -0.15) is 0 Å². The molecule has 0 atom stereocenters. The summed E-state index contributed by atoms with van der Waals surface area (Å²) < 4.78 is 344. The highest BCUT2D eigenvalue weighted by atomic mass is 15.0. The second kappa shape index (κ2) is 14.1. The molecule has 0 saturated heterocycles. The molecule has 0 fully saturated rings. The largest absolute Gasteiger partial charge is 0.309 e. The highest BCUT2D eigenvalue weighted by Gasteiger charge is 2.20. The maximum absolute atomic E-state index is 10.6. The first-order valence-electron chi connectivity index (χ1n) is 37.2. The minimum atomic E-state index is -1.32. The fourth-order valence-corrected chi connectivity index (χ4v) is 7.62. The van der Waals surface area contributed by atoms with E-state index >= 15 is 0 Å². The van der Waals surface area contributed by atoms with E-state index in [0.717, 1.165) is 21.3 Å². The van der Waals surface area contributed by atoms with Gasteiger partial charge >= 0.3 is 0 Å². The fraction of sp³-hybridized carbons (Fsp3) is 0. The molecule has 0 aliphatic carbocycles. The molecule has 0 radical (unpaired) electrons. The first-order valence-corrected chi connectivity index (χ1v) is 18.7. The van der Waals surface area contributed by atoms with Crippen molar-refractivity contribution in [2.24, 2.45) is 0 Å². The lowest BCUT2D eigenvalue weighted by atomic mass is 9.95. The Balaban J connectivity index is 1.29. The molecule has 3 nitrogen and oxygen atoms in total. The zero-order valence-corrected chi connectivity index (χ0v) is 31.5. The van der Waals surface area contributed by atoms with E-state index in [9.17, 15) is 23.3 Å². The Morgan fingerprint density at radius 1 is 0.222 bits per heavy atom. The van der Waals surface area contributed by atoms with Crippen LogP contribution in [0.5, 0.6) is 0 Å². The number of rotatable bonds is 6. The van der Waals surface area contributed by atoms with Gasteiger partial charge in [-0.05, 0) is 106 Å². The Hall–Kier alpha value is -8.40. The zero-order valence-electron chi connectivity index (χ0n) is 68.5. The molecule has 3 heteroatoms. The van der Waals surface area contributed by atoms with E-state index in [1.807, 2.05) is 0 Å². The molecule has 63 heavy (non-hydrogen) atoms. The highest BCUT2D eigenvalue weighted by Crippen LogP contribution is 2.41. The summed E-state index contributed by atoms with van der Waals surface area (Å²) in [5, 5.41) is -3.51. The van der Waals surface area contributed by atoms with Crippen molar-refractivity contribution in [2.45, 2.75) is 0 Å². The predicted molar refractivity (Wildman–Crippen MR) is 266 cm³/mol. The van der Waals surface area contributed by atoms with Crippen molar-refractivity contribution in [2.75, 3.05) is 0 Å². The van der Waals surface area contributed by atoms with Gasteiger partial charge in [0.15, 0.2) is 0 Å². The quantitative estimate of drug-likeness (QED) is 0.158. The molecular formula is C60H39N3. The summed E-state index contributed by atoms with van der Waals surface area (Å²) >= 11 is 0. The molecule has 10 aromatic carbocycles. The molecule has 0 saturated carbocycles. The van der Waals surface area contributed by atoms with Crippen molar-refractivity contribution >= 4 is 65.4 Å². The third kappa shape index (κ3) is 5.60. The van der Waals surface area contributed by atoms with Crippen LogP contribution in [-0.4, -0.2) is 13.7 Å². The third-order valence-corrected chi connectivity index (χ3v) is 10.3. The lowest BCUT2D eigenvalue weighted by Gasteiger charge is -2.15. The number of hydrogen-bond donors (Lipinski definition) is 0. The van der Waals surface area contributed by atoms with E-state index < -0.39 is 329 Å². The van der Waals surface area contributed by atoms with Crippen molar-refractivity contribution in [3.63, 3.8) is 0 Å². The van der Waals surface area contributed by atoms with Crippen molar-refractivity contribution in [3.05, 3.63) is 236 Å². The summed E-state index contributed by atoms with van der Waals surface area (Å²) in [6.45, 7) is 0. The Morgan fingerprint density at radius 2 is 0.587 bits per heavy atom. The van der Waals surface area contributed by atoms with Gasteiger partial charge < -0.3 is 13.7 Å². The molecule has 13 rings (SSSR count). The van der Waals surface area contributed by atoms with Crippen LogP contribution < -0.4 is 0 Å². The van der Waals surface area contributed by atoms with Crippen molar-refractivity contribution in [1.29, 1.82) is 0 Å². The first-order chi connectivity index (χ1) is 46.7. The molecule has 3 aromatic heterocycles. The lowest BCUT2D eigenvalue weighted by Crippen LogP contribution is -1.99. The number of fused-ring (bicyclic) bond motifs is 9. The van der Waals surface area contributed by atoms with Crippen molar-refractivity contribution in [1.82, 2.24) is 13.7 Å². The summed E-state index contributed by atoms with van der Waals surface area (Å²) in [5.74, 6) is 0.